The summed E-state index contributed by atoms with van der Waals surface area (Å²) in [6.07, 6.45) is 5.31. The number of ketones is 1. The number of ether oxygens (including phenoxy) is 1. The van der Waals surface area contributed by atoms with Gasteiger partial charge in [-0.2, -0.15) is 0 Å². The summed E-state index contributed by atoms with van der Waals surface area (Å²) in [7, 11) is 1.64. The Hall–Kier alpha value is -1.71. The number of benzene rings is 2. The second-order valence-corrected chi connectivity index (χ2v) is 5.61. The molecule has 0 fully saturated rings. The predicted molar refractivity (Wildman–Crippen MR) is 89.6 cm³/mol. The number of thioether (sulfide) groups is 1. The Kier molecular flexibility index (Phi) is 5.48. The fourth-order valence-corrected chi connectivity index (χ4v) is 2.60. The van der Waals surface area contributed by atoms with E-state index in [4.69, 9.17) is 16.3 Å². The van der Waals surface area contributed by atoms with Crippen molar-refractivity contribution in [2.45, 2.75) is 4.90 Å². The number of rotatable bonds is 5. The van der Waals surface area contributed by atoms with Crippen molar-refractivity contribution < 1.29 is 9.53 Å². The molecule has 0 unspecified atom stereocenters. The standard InChI is InChI=1S/C17H15ClO2S/c1-20-16-10-12(7-9-17(16)21-2)6-8-15(19)13-4-3-5-14(18)11-13/h3-11H,1-2H3. The van der Waals surface area contributed by atoms with Crippen LogP contribution in [0.15, 0.2) is 53.4 Å². The third-order valence-corrected chi connectivity index (χ3v) is 3.96. The van der Waals surface area contributed by atoms with Crippen molar-refractivity contribution in [1.29, 1.82) is 0 Å². The van der Waals surface area contributed by atoms with E-state index in [0.29, 0.717) is 10.6 Å². The van der Waals surface area contributed by atoms with Gasteiger partial charge in [-0.25, -0.2) is 0 Å². The van der Waals surface area contributed by atoms with Gasteiger partial charge in [0.25, 0.3) is 0 Å². The second-order valence-electron chi connectivity index (χ2n) is 4.32. The number of methoxy groups -OCH3 is 1. The lowest BCUT2D eigenvalue weighted by molar-refractivity contribution is 0.104. The van der Waals surface area contributed by atoms with E-state index in [1.807, 2.05) is 24.5 Å². The Morgan fingerprint density at radius 3 is 2.71 bits per heavy atom. The van der Waals surface area contributed by atoms with Crippen LogP contribution in [0.1, 0.15) is 15.9 Å². The number of allylic oxidation sites excluding steroid dienone is 1. The molecule has 0 atom stereocenters. The lowest BCUT2D eigenvalue weighted by atomic mass is 10.1. The molecule has 0 aromatic heterocycles. The summed E-state index contributed by atoms with van der Waals surface area (Å²) in [5.74, 6) is 0.727. The summed E-state index contributed by atoms with van der Waals surface area (Å²) in [5.41, 5.74) is 1.49. The molecular weight excluding hydrogens is 304 g/mol. The van der Waals surface area contributed by atoms with Crippen molar-refractivity contribution in [3.63, 3.8) is 0 Å². The highest BCUT2D eigenvalue weighted by molar-refractivity contribution is 7.98. The SMILES string of the molecule is COc1cc(C=CC(=O)c2cccc(Cl)c2)ccc1SC. The van der Waals surface area contributed by atoms with Crippen LogP contribution in [0.5, 0.6) is 5.75 Å². The maximum Gasteiger partial charge on any atom is 0.185 e. The molecule has 2 rings (SSSR count). The summed E-state index contributed by atoms with van der Waals surface area (Å²) in [6, 6.07) is 12.8. The molecule has 2 aromatic carbocycles. The van der Waals surface area contributed by atoms with Gasteiger partial charge in [0.15, 0.2) is 5.78 Å². The number of halogens is 1. The molecule has 21 heavy (non-hydrogen) atoms. The summed E-state index contributed by atoms with van der Waals surface area (Å²) in [4.78, 5) is 13.1. The molecule has 0 N–H and O–H groups in total. The van der Waals surface area contributed by atoms with Crippen LogP contribution >= 0.6 is 23.4 Å². The highest BCUT2D eigenvalue weighted by atomic mass is 35.5. The monoisotopic (exact) mass is 318 g/mol. The van der Waals surface area contributed by atoms with E-state index >= 15 is 0 Å². The molecule has 0 aliphatic rings. The van der Waals surface area contributed by atoms with E-state index in [-0.39, 0.29) is 5.78 Å². The van der Waals surface area contributed by atoms with Crippen LogP contribution in [-0.2, 0) is 0 Å². The summed E-state index contributed by atoms with van der Waals surface area (Å²) < 4.78 is 5.33. The van der Waals surface area contributed by atoms with Gasteiger partial charge < -0.3 is 4.74 Å². The molecule has 2 nitrogen and oxygen atoms in total. The van der Waals surface area contributed by atoms with Crippen LogP contribution in [0, 0.1) is 0 Å². The molecule has 0 aliphatic carbocycles. The van der Waals surface area contributed by atoms with Crippen molar-refractivity contribution in [3.8, 4) is 5.75 Å². The first-order chi connectivity index (χ1) is 10.1. The van der Waals surface area contributed by atoms with Crippen LogP contribution in [0.25, 0.3) is 6.08 Å². The van der Waals surface area contributed by atoms with Gasteiger partial charge >= 0.3 is 0 Å². The third kappa shape index (κ3) is 4.13. The van der Waals surface area contributed by atoms with Crippen LogP contribution in [0.2, 0.25) is 5.02 Å². The highest BCUT2D eigenvalue weighted by Gasteiger charge is 2.04. The van der Waals surface area contributed by atoms with Gasteiger partial charge in [-0.05, 0) is 42.2 Å². The zero-order chi connectivity index (χ0) is 15.2. The van der Waals surface area contributed by atoms with Crippen molar-refractivity contribution in [3.05, 3.63) is 64.7 Å². The molecule has 108 valence electrons. The Labute approximate surface area is 133 Å². The van der Waals surface area contributed by atoms with Crippen LogP contribution < -0.4 is 4.74 Å². The Morgan fingerprint density at radius 2 is 2.05 bits per heavy atom. The first kappa shape index (κ1) is 15.7. The van der Waals surface area contributed by atoms with E-state index in [1.54, 1.807) is 55.3 Å². The smallest absolute Gasteiger partial charge is 0.185 e. The molecule has 0 radical (unpaired) electrons. The first-order valence-corrected chi connectivity index (χ1v) is 7.94. The molecule has 0 aliphatic heterocycles. The highest BCUT2D eigenvalue weighted by Crippen LogP contribution is 2.28. The zero-order valence-electron chi connectivity index (χ0n) is 11.8. The predicted octanol–water partition coefficient (Wildman–Crippen LogP) is 4.97. The molecule has 0 bridgehead atoms. The number of hydrogen-bond acceptors (Lipinski definition) is 3. The van der Waals surface area contributed by atoms with Crippen LogP contribution in [-0.4, -0.2) is 19.1 Å². The van der Waals surface area contributed by atoms with Crippen molar-refractivity contribution >= 4 is 35.2 Å². The van der Waals surface area contributed by atoms with E-state index in [0.717, 1.165) is 16.2 Å². The maximum absolute atomic E-state index is 12.1. The first-order valence-electron chi connectivity index (χ1n) is 6.34. The molecular formula is C17H15ClO2S. The topological polar surface area (TPSA) is 26.3 Å². The van der Waals surface area contributed by atoms with Gasteiger partial charge in [0.2, 0.25) is 0 Å². The quantitative estimate of drug-likeness (QED) is 0.442. The Bertz CT molecular complexity index is 680. The molecule has 0 saturated heterocycles. The third-order valence-electron chi connectivity index (χ3n) is 2.94. The van der Waals surface area contributed by atoms with E-state index in [9.17, 15) is 4.79 Å². The van der Waals surface area contributed by atoms with Gasteiger partial charge in [-0.3, -0.25) is 4.79 Å². The minimum atomic E-state index is -0.0783. The molecule has 4 heteroatoms. The molecule has 0 heterocycles. The van der Waals surface area contributed by atoms with Crippen molar-refractivity contribution in [2.24, 2.45) is 0 Å². The minimum Gasteiger partial charge on any atom is -0.496 e. The average Bonchev–Trinajstić information content (AvgIpc) is 2.52. The fraction of sp³-hybridized carbons (Fsp3) is 0.118. The molecule has 0 spiro atoms. The molecule has 0 amide bonds. The van der Waals surface area contributed by atoms with Crippen molar-refractivity contribution in [1.82, 2.24) is 0 Å². The van der Waals surface area contributed by atoms with Crippen LogP contribution in [0.3, 0.4) is 0 Å². The van der Waals surface area contributed by atoms with E-state index in [1.165, 1.54) is 0 Å². The summed E-state index contributed by atoms with van der Waals surface area (Å²) in [6.45, 7) is 0. The van der Waals surface area contributed by atoms with E-state index in [2.05, 4.69) is 0 Å². The number of hydrogen-bond donors (Lipinski definition) is 0. The largest absolute Gasteiger partial charge is 0.496 e. The van der Waals surface area contributed by atoms with Gasteiger partial charge in [-0.15, -0.1) is 11.8 Å². The lowest BCUT2D eigenvalue weighted by Crippen LogP contribution is -1.93. The summed E-state index contributed by atoms with van der Waals surface area (Å²) >= 11 is 7.50. The number of carbonyl (C=O) groups excluding carboxylic acids is 1. The van der Waals surface area contributed by atoms with Crippen LogP contribution in [0.4, 0.5) is 0 Å². The second kappa shape index (κ2) is 7.34. The number of carbonyl (C=O) groups is 1. The Morgan fingerprint density at radius 1 is 1.24 bits per heavy atom. The van der Waals surface area contributed by atoms with Gasteiger partial charge in [0.1, 0.15) is 5.75 Å². The van der Waals surface area contributed by atoms with Gasteiger partial charge in [-0.1, -0.05) is 35.9 Å². The molecule has 0 saturated carbocycles. The van der Waals surface area contributed by atoms with Gasteiger partial charge in [0, 0.05) is 15.5 Å². The fourth-order valence-electron chi connectivity index (χ4n) is 1.87. The van der Waals surface area contributed by atoms with Gasteiger partial charge in [0.05, 0.1) is 7.11 Å². The van der Waals surface area contributed by atoms with E-state index < -0.39 is 0 Å². The average molecular weight is 319 g/mol. The van der Waals surface area contributed by atoms with Crippen molar-refractivity contribution in [2.75, 3.05) is 13.4 Å². The lowest BCUT2D eigenvalue weighted by Gasteiger charge is -2.06. The Balaban J connectivity index is 2.19. The minimum absolute atomic E-state index is 0.0783. The summed E-state index contributed by atoms with van der Waals surface area (Å²) in [5, 5.41) is 0.556. The molecule has 2 aromatic rings. The zero-order valence-corrected chi connectivity index (χ0v) is 13.4. The maximum atomic E-state index is 12.1. The normalized spacial score (nSPS) is 10.8.